The lowest BCUT2D eigenvalue weighted by atomic mass is 10.1. The summed E-state index contributed by atoms with van der Waals surface area (Å²) < 4.78 is 27.8. The van der Waals surface area contributed by atoms with Crippen molar-refractivity contribution >= 4 is 34.0 Å². The molecule has 2 aromatic carbocycles. The Bertz CT molecular complexity index is 1150. The highest BCUT2D eigenvalue weighted by molar-refractivity contribution is 6.30. The van der Waals surface area contributed by atoms with Gasteiger partial charge < -0.3 is 4.90 Å². The standard InChI is InChI=1S/C22H16ClF2N3/c1-14-5-8-20(27-12-14)28(17-4-2-3-16(23)11-17)13-15-9-10-26-22-18(15)6-7-19(24)21(22)25/h2-12H,13H2,1H3. The molecule has 6 heteroatoms. The molecule has 0 aliphatic carbocycles. The van der Waals surface area contributed by atoms with Crippen LogP contribution in [-0.2, 0) is 6.54 Å². The quantitative estimate of drug-likeness (QED) is 0.411. The summed E-state index contributed by atoms with van der Waals surface area (Å²) in [6.07, 6.45) is 3.27. The number of benzene rings is 2. The van der Waals surface area contributed by atoms with Crippen LogP contribution < -0.4 is 4.90 Å². The van der Waals surface area contributed by atoms with Crippen molar-refractivity contribution in [2.24, 2.45) is 0 Å². The van der Waals surface area contributed by atoms with Gasteiger partial charge in [0.25, 0.3) is 0 Å². The molecule has 0 fully saturated rings. The SMILES string of the molecule is Cc1ccc(N(Cc2ccnc3c(F)c(F)ccc23)c2cccc(Cl)c2)nc1. The van der Waals surface area contributed by atoms with Gasteiger partial charge in [0.1, 0.15) is 11.3 Å². The smallest absolute Gasteiger partial charge is 0.184 e. The number of aryl methyl sites for hydroxylation is 1. The van der Waals surface area contributed by atoms with Gasteiger partial charge in [-0.15, -0.1) is 0 Å². The molecule has 0 saturated heterocycles. The third-order valence-electron chi connectivity index (χ3n) is 4.51. The van der Waals surface area contributed by atoms with Crippen molar-refractivity contribution in [1.82, 2.24) is 9.97 Å². The van der Waals surface area contributed by atoms with Crippen LogP contribution in [-0.4, -0.2) is 9.97 Å². The molecule has 0 unspecified atom stereocenters. The number of rotatable bonds is 4. The summed E-state index contributed by atoms with van der Waals surface area (Å²) in [7, 11) is 0. The summed E-state index contributed by atoms with van der Waals surface area (Å²) in [5.74, 6) is -1.13. The highest BCUT2D eigenvalue weighted by Gasteiger charge is 2.16. The first-order chi connectivity index (χ1) is 13.5. The zero-order chi connectivity index (χ0) is 19.7. The molecule has 140 valence electrons. The molecule has 0 bridgehead atoms. The molecule has 0 aliphatic heterocycles. The van der Waals surface area contributed by atoms with Crippen molar-refractivity contribution in [2.75, 3.05) is 4.90 Å². The monoisotopic (exact) mass is 395 g/mol. The molecule has 0 atom stereocenters. The molecule has 3 nitrogen and oxygen atoms in total. The van der Waals surface area contributed by atoms with Crippen LogP contribution in [0.1, 0.15) is 11.1 Å². The van der Waals surface area contributed by atoms with Crippen LogP contribution in [0.15, 0.2) is 67.0 Å². The number of pyridine rings is 2. The highest BCUT2D eigenvalue weighted by Crippen LogP contribution is 2.30. The zero-order valence-electron chi connectivity index (χ0n) is 15.0. The van der Waals surface area contributed by atoms with E-state index >= 15 is 0 Å². The molecular weight excluding hydrogens is 380 g/mol. The number of nitrogens with zero attached hydrogens (tertiary/aromatic N) is 3. The predicted octanol–water partition coefficient (Wildman–Crippen LogP) is 6.21. The fourth-order valence-electron chi connectivity index (χ4n) is 3.09. The zero-order valence-corrected chi connectivity index (χ0v) is 15.8. The third-order valence-corrected chi connectivity index (χ3v) is 4.75. The van der Waals surface area contributed by atoms with Gasteiger partial charge in [-0.1, -0.05) is 23.7 Å². The molecule has 0 aliphatic rings. The van der Waals surface area contributed by atoms with Gasteiger partial charge in [0.05, 0.1) is 6.54 Å². The van der Waals surface area contributed by atoms with Gasteiger partial charge >= 0.3 is 0 Å². The number of fused-ring (bicyclic) bond motifs is 1. The normalized spacial score (nSPS) is 11.0. The second-order valence-corrected chi connectivity index (χ2v) is 6.92. The lowest BCUT2D eigenvalue weighted by Crippen LogP contribution is -2.18. The van der Waals surface area contributed by atoms with Crippen molar-refractivity contribution < 1.29 is 8.78 Å². The summed E-state index contributed by atoms with van der Waals surface area (Å²) in [5.41, 5.74) is 2.70. The Morgan fingerprint density at radius 1 is 1.00 bits per heavy atom. The minimum atomic E-state index is -0.942. The molecule has 0 amide bonds. The van der Waals surface area contributed by atoms with Gasteiger partial charge in [0.15, 0.2) is 11.6 Å². The van der Waals surface area contributed by atoms with E-state index in [4.69, 9.17) is 11.6 Å². The van der Waals surface area contributed by atoms with Crippen molar-refractivity contribution in [3.63, 3.8) is 0 Å². The van der Waals surface area contributed by atoms with Crippen LogP contribution in [0.5, 0.6) is 0 Å². The number of aromatic nitrogens is 2. The average Bonchev–Trinajstić information content (AvgIpc) is 2.70. The maximum absolute atomic E-state index is 14.2. The first kappa shape index (κ1) is 18.3. The van der Waals surface area contributed by atoms with E-state index in [1.54, 1.807) is 24.4 Å². The maximum Gasteiger partial charge on any atom is 0.184 e. The summed E-state index contributed by atoms with van der Waals surface area (Å²) >= 11 is 6.19. The molecule has 0 N–H and O–H groups in total. The van der Waals surface area contributed by atoms with Crippen LogP contribution in [0.2, 0.25) is 5.02 Å². The Balaban J connectivity index is 1.83. The number of halogens is 3. The Morgan fingerprint density at radius 2 is 1.86 bits per heavy atom. The minimum Gasteiger partial charge on any atom is -0.322 e. The molecule has 4 rings (SSSR count). The molecule has 2 aromatic heterocycles. The fourth-order valence-corrected chi connectivity index (χ4v) is 3.28. The second-order valence-electron chi connectivity index (χ2n) is 6.49. The Kier molecular flexibility index (Phi) is 4.92. The van der Waals surface area contributed by atoms with Gasteiger partial charge in [-0.25, -0.2) is 13.8 Å². The van der Waals surface area contributed by atoms with Gasteiger partial charge in [0, 0.05) is 28.5 Å². The van der Waals surface area contributed by atoms with E-state index in [0.29, 0.717) is 17.0 Å². The second kappa shape index (κ2) is 7.52. The Hall–Kier alpha value is -3.05. The molecular formula is C22H16ClF2N3. The largest absolute Gasteiger partial charge is 0.322 e. The van der Waals surface area contributed by atoms with Crippen LogP contribution in [0, 0.1) is 18.6 Å². The van der Waals surface area contributed by atoms with Crippen molar-refractivity contribution in [2.45, 2.75) is 13.5 Å². The van der Waals surface area contributed by atoms with E-state index < -0.39 is 11.6 Å². The molecule has 28 heavy (non-hydrogen) atoms. The fraction of sp³-hybridized carbons (Fsp3) is 0.0909. The van der Waals surface area contributed by atoms with E-state index in [1.165, 1.54) is 6.20 Å². The van der Waals surface area contributed by atoms with Gasteiger partial charge in [-0.05, 0) is 60.5 Å². The average molecular weight is 396 g/mol. The minimum absolute atomic E-state index is 0.0143. The molecule has 0 saturated carbocycles. The summed E-state index contributed by atoms with van der Waals surface area (Å²) in [4.78, 5) is 10.5. The third kappa shape index (κ3) is 3.53. The van der Waals surface area contributed by atoms with Crippen LogP contribution in [0.4, 0.5) is 20.3 Å². The highest BCUT2D eigenvalue weighted by atomic mass is 35.5. The van der Waals surface area contributed by atoms with E-state index in [-0.39, 0.29) is 5.52 Å². The lowest BCUT2D eigenvalue weighted by molar-refractivity contribution is 0.515. The number of hydrogen-bond acceptors (Lipinski definition) is 3. The first-order valence-electron chi connectivity index (χ1n) is 8.70. The van der Waals surface area contributed by atoms with E-state index in [2.05, 4.69) is 9.97 Å². The lowest BCUT2D eigenvalue weighted by Gasteiger charge is -2.25. The van der Waals surface area contributed by atoms with Crippen LogP contribution >= 0.6 is 11.6 Å². The van der Waals surface area contributed by atoms with Gasteiger partial charge in [0.2, 0.25) is 0 Å². The summed E-state index contributed by atoms with van der Waals surface area (Å²) in [5, 5.41) is 1.16. The van der Waals surface area contributed by atoms with Gasteiger partial charge in [-0.2, -0.15) is 0 Å². The Morgan fingerprint density at radius 3 is 2.61 bits per heavy atom. The molecule has 2 heterocycles. The van der Waals surface area contributed by atoms with Crippen molar-refractivity contribution in [3.05, 3.63) is 94.8 Å². The molecule has 4 aromatic rings. The van der Waals surface area contributed by atoms with E-state index in [1.807, 2.05) is 42.2 Å². The molecule has 0 radical (unpaired) electrons. The van der Waals surface area contributed by atoms with Gasteiger partial charge in [-0.3, -0.25) is 4.98 Å². The number of anilines is 2. The maximum atomic E-state index is 14.2. The van der Waals surface area contributed by atoms with Crippen LogP contribution in [0.3, 0.4) is 0 Å². The molecule has 0 spiro atoms. The van der Waals surface area contributed by atoms with Crippen molar-refractivity contribution in [3.8, 4) is 0 Å². The topological polar surface area (TPSA) is 29.0 Å². The summed E-state index contributed by atoms with van der Waals surface area (Å²) in [6, 6.07) is 15.8. The Labute approximate surface area is 166 Å². The first-order valence-corrected chi connectivity index (χ1v) is 9.08. The van der Waals surface area contributed by atoms with Crippen molar-refractivity contribution in [1.29, 1.82) is 0 Å². The van der Waals surface area contributed by atoms with E-state index in [0.717, 1.165) is 28.7 Å². The van der Waals surface area contributed by atoms with E-state index in [9.17, 15) is 8.78 Å². The van der Waals surface area contributed by atoms with Crippen LogP contribution in [0.25, 0.3) is 10.9 Å². The predicted molar refractivity (Wildman–Crippen MR) is 108 cm³/mol. The summed E-state index contributed by atoms with van der Waals surface area (Å²) in [6.45, 7) is 2.36. The number of hydrogen-bond donors (Lipinski definition) is 0.